The summed E-state index contributed by atoms with van der Waals surface area (Å²) in [6.45, 7) is 6.16. The van der Waals surface area contributed by atoms with Gasteiger partial charge in [-0.25, -0.2) is 4.79 Å². The Kier molecular flexibility index (Phi) is 6.39. The highest BCUT2D eigenvalue weighted by molar-refractivity contribution is 7.10. The van der Waals surface area contributed by atoms with Gasteiger partial charge in [-0.2, -0.15) is 0 Å². The topological polar surface area (TPSA) is 62.6 Å². The number of imide groups is 1. The fourth-order valence-electron chi connectivity index (χ4n) is 2.85. The van der Waals surface area contributed by atoms with Gasteiger partial charge in [0.1, 0.15) is 6.04 Å². The summed E-state index contributed by atoms with van der Waals surface area (Å²) < 4.78 is 0. The van der Waals surface area contributed by atoms with E-state index in [9.17, 15) is 9.59 Å². The summed E-state index contributed by atoms with van der Waals surface area (Å²) in [5.41, 5.74) is 0. The van der Waals surface area contributed by atoms with Crippen LogP contribution in [0.2, 0.25) is 0 Å². The predicted molar refractivity (Wildman–Crippen MR) is 88.0 cm³/mol. The maximum atomic E-state index is 12.0. The van der Waals surface area contributed by atoms with Crippen LogP contribution in [-0.4, -0.2) is 31.6 Å². The van der Waals surface area contributed by atoms with E-state index in [1.807, 2.05) is 0 Å². The zero-order valence-electron chi connectivity index (χ0n) is 13.4. The number of hydrogen-bond donors (Lipinski definition) is 3. The highest BCUT2D eigenvalue weighted by Gasteiger charge is 2.32. The first-order valence-electron chi connectivity index (χ1n) is 8.02. The minimum atomic E-state index is -0.378. The maximum Gasteiger partial charge on any atom is 0.321 e. The number of amides is 3. The van der Waals surface area contributed by atoms with Gasteiger partial charge in [0.15, 0.2) is 6.54 Å². The predicted octanol–water partition coefficient (Wildman–Crippen LogP) is 1.34. The molecule has 22 heavy (non-hydrogen) atoms. The Bertz CT molecular complexity index is 488. The Labute approximate surface area is 136 Å². The number of urea groups is 1. The average Bonchev–Trinajstić information content (AvgIpc) is 3.07. The summed E-state index contributed by atoms with van der Waals surface area (Å²) in [4.78, 5) is 26.3. The van der Waals surface area contributed by atoms with Gasteiger partial charge in [-0.15, -0.1) is 11.3 Å². The van der Waals surface area contributed by atoms with E-state index in [2.05, 4.69) is 42.0 Å². The molecule has 2 rings (SSSR count). The highest BCUT2D eigenvalue weighted by atomic mass is 32.1. The maximum absolute atomic E-state index is 12.0. The molecule has 3 N–H and O–H groups in total. The van der Waals surface area contributed by atoms with Crippen molar-refractivity contribution in [1.29, 1.82) is 0 Å². The molecule has 1 aliphatic heterocycles. The van der Waals surface area contributed by atoms with Gasteiger partial charge in [0.25, 0.3) is 5.91 Å². The fraction of sp³-hybridized carbons (Fsp3) is 0.625. The van der Waals surface area contributed by atoms with E-state index in [-0.39, 0.29) is 11.9 Å². The molecule has 2 atom stereocenters. The van der Waals surface area contributed by atoms with Gasteiger partial charge in [-0.05, 0) is 23.8 Å². The van der Waals surface area contributed by atoms with Gasteiger partial charge in [-0.1, -0.05) is 19.9 Å². The van der Waals surface area contributed by atoms with E-state index in [0.717, 1.165) is 25.8 Å². The molecule has 1 aromatic heterocycles. The fourth-order valence-corrected chi connectivity index (χ4v) is 3.77. The molecule has 0 spiro atoms. The lowest BCUT2D eigenvalue weighted by Gasteiger charge is -2.19. The normalized spacial score (nSPS) is 21.0. The zero-order chi connectivity index (χ0) is 15.9. The number of thiophene rings is 1. The first-order valence-corrected chi connectivity index (χ1v) is 8.90. The minimum Gasteiger partial charge on any atom is -0.338 e. The standard InChI is InChI=1S/C16H25N3O2S/c1-12(2)7-8-17-16(21)18-15(20)11-19-9-3-5-13(19)14-6-4-10-22-14/h4,6,10,12-13H,3,5,7-9,11H2,1-2H3,(H2,17,18,20,21)/p+1/t13-/m1/s1. The molecule has 1 unspecified atom stereocenters. The molecule has 0 bridgehead atoms. The largest absolute Gasteiger partial charge is 0.338 e. The quantitative estimate of drug-likeness (QED) is 0.739. The Hall–Kier alpha value is -1.40. The number of carbonyl (C=O) groups excluding carboxylic acids is 2. The lowest BCUT2D eigenvalue weighted by molar-refractivity contribution is -0.910. The second-order valence-electron chi connectivity index (χ2n) is 6.28. The van der Waals surface area contributed by atoms with Crippen LogP contribution in [0.25, 0.3) is 0 Å². The molecular formula is C16H26N3O2S+. The highest BCUT2D eigenvalue weighted by Crippen LogP contribution is 2.23. The van der Waals surface area contributed by atoms with Crippen molar-refractivity contribution in [3.63, 3.8) is 0 Å². The smallest absolute Gasteiger partial charge is 0.321 e. The number of hydrogen-bond acceptors (Lipinski definition) is 3. The van der Waals surface area contributed by atoms with Crippen LogP contribution in [0, 0.1) is 5.92 Å². The second-order valence-corrected chi connectivity index (χ2v) is 7.26. The summed E-state index contributed by atoms with van der Waals surface area (Å²) in [6, 6.07) is 4.21. The first kappa shape index (κ1) is 17.0. The van der Waals surface area contributed by atoms with Crippen LogP contribution in [-0.2, 0) is 4.79 Å². The van der Waals surface area contributed by atoms with Crippen molar-refractivity contribution in [3.05, 3.63) is 22.4 Å². The van der Waals surface area contributed by atoms with Crippen molar-refractivity contribution in [2.75, 3.05) is 19.6 Å². The summed E-state index contributed by atoms with van der Waals surface area (Å²) >= 11 is 1.75. The van der Waals surface area contributed by atoms with Crippen LogP contribution in [0.5, 0.6) is 0 Å². The molecule has 1 saturated heterocycles. The van der Waals surface area contributed by atoms with Crippen molar-refractivity contribution in [1.82, 2.24) is 10.6 Å². The van der Waals surface area contributed by atoms with Gasteiger partial charge >= 0.3 is 6.03 Å². The van der Waals surface area contributed by atoms with Crippen molar-refractivity contribution in [2.24, 2.45) is 5.92 Å². The summed E-state index contributed by atoms with van der Waals surface area (Å²) in [7, 11) is 0. The Morgan fingerprint density at radius 3 is 2.95 bits per heavy atom. The SMILES string of the molecule is CC(C)CCNC(=O)NC(=O)C[NH+]1CCC[C@@H]1c1cccs1. The Morgan fingerprint density at radius 2 is 2.27 bits per heavy atom. The third-order valence-electron chi connectivity index (χ3n) is 4.02. The Balaban J connectivity index is 1.75. The lowest BCUT2D eigenvalue weighted by Crippen LogP contribution is -3.11. The third kappa shape index (κ3) is 5.10. The van der Waals surface area contributed by atoms with E-state index in [4.69, 9.17) is 0 Å². The second kappa shape index (κ2) is 8.29. The minimum absolute atomic E-state index is 0.194. The van der Waals surface area contributed by atoms with E-state index in [1.165, 1.54) is 9.78 Å². The molecule has 122 valence electrons. The number of rotatable bonds is 6. The zero-order valence-corrected chi connectivity index (χ0v) is 14.2. The van der Waals surface area contributed by atoms with Gasteiger partial charge in [0.05, 0.1) is 11.4 Å². The Morgan fingerprint density at radius 1 is 1.45 bits per heavy atom. The molecule has 1 aliphatic rings. The van der Waals surface area contributed by atoms with Gasteiger partial charge in [-0.3, -0.25) is 10.1 Å². The average molecular weight is 324 g/mol. The molecular weight excluding hydrogens is 298 g/mol. The lowest BCUT2D eigenvalue weighted by atomic mass is 10.1. The van der Waals surface area contributed by atoms with Gasteiger partial charge < -0.3 is 10.2 Å². The van der Waals surface area contributed by atoms with Crippen molar-refractivity contribution in [2.45, 2.75) is 39.2 Å². The van der Waals surface area contributed by atoms with Crippen molar-refractivity contribution >= 4 is 23.3 Å². The molecule has 0 saturated carbocycles. The summed E-state index contributed by atoms with van der Waals surface area (Å²) in [5, 5.41) is 7.25. The number of carbonyl (C=O) groups is 2. The number of likely N-dealkylation sites (tertiary alicyclic amines) is 1. The van der Waals surface area contributed by atoms with Crippen LogP contribution in [0.4, 0.5) is 4.79 Å². The third-order valence-corrected chi connectivity index (χ3v) is 5.00. The van der Waals surface area contributed by atoms with Crippen LogP contribution >= 0.6 is 11.3 Å². The van der Waals surface area contributed by atoms with Crippen LogP contribution < -0.4 is 15.5 Å². The van der Waals surface area contributed by atoms with Crippen LogP contribution in [0.3, 0.4) is 0 Å². The van der Waals surface area contributed by atoms with Crippen LogP contribution in [0.1, 0.15) is 44.0 Å². The van der Waals surface area contributed by atoms with Crippen molar-refractivity contribution in [3.8, 4) is 0 Å². The monoisotopic (exact) mass is 324 g/mol. The summed E-state index contributed by atoms with van der Waals surface area (Å²) in [6.07, 6.45) is 3.16. The van der Waals surface area contributed by atoms with E-state index < -0.39 is 0 Å². The first-order chi connectivity index (χ1) is 10.6. The van der Waals surface area contributed by atoms with Crippen molar-refractivity contribution < 1.29 is 14.5 Å². The molecule has 0 aliphatic carbocycles. The molecule has 3 amide bonds. The molecule has 0 radical (unpaired) electrons. The molecule has 1 aromatic rings. The molecule has 5 nitrogen and oxygen atoms in total. The van der Waals surface area contributed by atoms with Gasteiger partial charge in [0, 0.05) is 19.4 Å². The van der Waals surface area contributed by atoms with Gasteiger partial charge in [0.2, 0.25) is 0 Å². The van der Waals surface area contributed by atoms with E-state index in [0.29, 0.717) is 25.0 Å². The molecule has 6 heteroatoms. The molecule has 2 heterocycles. The van der Waals surface area contributed by atoms with Crippen LogP contribution in [0.15, 0.2) is 17.5 Å². The van der Waals surface area contributed by atoms with E-state index >= 15 is 0 Å². The summed E-state index contributed by atoms with van der Waals surface area (Å²) in [5.74, 6) is 0.345. The van der Waals surface area contributed by atoms with E-state index in [1.54, 1.807) is 11.3 Å². The number of nitrogens with one attached hydrogen (secondary N) is 3. The molecule has 1 fully saturated rings. The molecule has 0 aromatic carbocycles. The number of quaternary nitrogens is 1.